The van der Waals surface area contributed by atoms with Crippen LogP contribution in [0.15, 0.2) is 56.7 Å². The maximum Gasteiger partial charge on any atom is 0.336 e. The number of aryl methyl sites for hydroxylation is 3. The van der Waals surface area contributed by atoms with E-state index in [2.05, 4.69) is 4.98 Å². The van der Waals surface area contributed by atoms with Gasteiger partial charge in [0.25, 0.3) is 5.56 Å². The molecule has 3 aromatic heterocycles. The molecule has 5 nitrogen and oxygen atoms in total. The van der Waals surface area contributed by atoms with E-state index in [0.29, 0.717) is 29.5 Å². The van der Waals surface area contributed by atoms with Crippen molar-refractivity contribution < 1.29 is 4.42 Å². The third-order valence-electron chi connectivity index (χ3n) is 3.40. The van der Waals surface area contributed by atoms with E-state index in [1.54, 1.807) is 30.0 Å². The number of hydrogen-bond donors (Lipinski definition) is 0. The lowest BCUT2D eigenvalue weighted by Crippen LogP contribution is -2.22. The molecule has 0 fully saturated rings. The van der Waals surface area contributed by atoms with Gasteiger partial charge in [-0.1, -0.05) is 6.07 Å². The summed E-state index contributed by atoms with van der Waals surface area (Å²) < 4.78 is 6.67. The fourth-order valence-electron chi connectivity index (χ4n) is 2.35. The van der Waals surface area contributed by atoms with E-state index >= 15 is 0 Å². The van der Waals surface area contributed by atoms with E-state index in [0.717, 1.165) is 5.69 Å². The summed E-state index contributed by atoms with van der Waals surface area (Å²) in [4.78, 5) is 28.0. The van der Waals surface area contributed by atoms with Crippen LogP contribution in [0, 0.1) is 6.92 Å². The monoisotopic (exact) mass is 282 g/mol. The minimum absolute atomic E-state index is 0.148. The topological polar surface area (TPSA) is 65.1 Å². The summed E-state index contributed by atoms with van der Waals surface area (Å²) in [6.07, 6.45) is 4.05. The van der Waals surface area contributed by atoms with Crippen molar-refractivity contribution in [1.82, 2.24) is 9.55 Å². The van der Waals surface area contributed by atoms with Gasteiger partial charge in [-0.25, -0.2) is 4.79 Å². The summed E-state index contributed by atoms with van der Waals surface area (Å²) in [6.45, 7) is 2.27. The molecule has 5 heteroatoms. The Morgan fingerprint density at radius 2 is 2.10 bits per heavy atom. The van der Waals surface area contributed by atoms with Crippen LogP contribution in [0.1, 0.15) is 11.3 Å². The van der Waals surface area contributed by atoms with Crippen molar-refractivity contribution in [2.45, 2.75) is 19.9 Å². The molecular formula is C16H14N2O3. The van der Waals surface area contributed by atoms with Crippen LogP contribution in [0.4, 0.5) is 0 Å². The Morgan fingerprint density at radius 3 is 2.86 bits per heavy atom. The summed E-state index contributed by atoms with van der Waals surface area (Å²) in [7, 11) is 0. The first-order valence-corrected chi connectivity index (χ1v) is 6.69. The quantitative estimate of drug-likeness (QED) is 0.736. The van der Waals surface area contributed by atoms with E-state index in [9.17, 15) is 9.59 Å². The number of fused-ring (bicyclic) bond motifs is 1. The van der Waals surface area contributed by atoms with Gasteiger partial charge in [0.2, 0.25) is 0 Å². The number of hydrogen-bond acceptors (Lipinski definition) is 4. The molecule has 21 heavy (non-hydrogen) atoms. The predicted octanol–water partition coefficient (Wildman–Crippen LogP) is 1.90. The molecule has 0 atom stereocenters. The molecule has 0 amide bonds. The van der Waals surface area contributed by atoms with Crippen molar-refractivity contribution in [1.29, 1.82) is 0 Å². The smallest absolute Gasteiger partial charge is 0.336 e. The van der Waals surface area contributed by atoms with Crippen LogP contribution in [0.25, 0.3) is 11.0 Å². The van der Waals surface area contributed by atoms with Crippen LogP contribution in [-0.2, 0) is 13.0 Å². The van der Waals surface area contributed by atoms with Gasteiger partial charge in [-0.3, -0.25) is 9.78 Å². The molecule has 0 N–H and O–H groups in total. The normalized spacial score (nSPS) is 10.9. The van der Waals surface area contributed by atoms with Crippen LogP contribution in [0.5, 0.6) is 0 Å². The van der Waals surface area contributed by atoms with Crippen LogP contribution in [0.3, 0.4) is 0 Å². The molecule has 0 bridgehead atoms. The second-order valence-corrected chi connectivity index (χ2v) is 4.87. The van der Waals surface area contributed by atoms with E-state index in [1.165, 1.54) is 6.07 Å². The highest BCUT2D eigenvalue weighted by Gasteiger charge is 2.09. The van der Waals surface area contributed by atoms with Crippen molar-refractivity contribution in [3.05, 3.63) is 74.8 Å². The van der Waals surface area contributed by atoms with Crippen LogP contribution >= 0.6 is 0 Å². The highest BCUT2D eigenvalue weighted by Crippen LogP contribution is 2.11. The molecule has 0 unspecified atom stereocenters. The molecule has 0 aliphatic heterocycles. The Morgan fingerprint density at radius 1 is 1.24 bits per heavy atom. The second-order valence-electron chi connectivity index (χ2n) is 4.87. The van der Waals surface area contributed by atoms with Crippen molar-refractivity contribution in [3.8, 4) is 0 Å². The standard InChI is InChI=1S/C16H14N2O3/c1-11-10-14(19)21-13-6-9-18(16(20)15(11)13)8-5-12-4-2-3-7-17-12/h2-4,6-7,9-10H,5,8H2,1H3. The summed E-state index contributed by atoms with van der Waals surface area (Å²) >= 11 is 0. The van der Waals surface area contributed by atoms with Crippen molar-refractivity contribution >= 4 is 11.0 Å². The number of pyridine rings is 2. The van der Waals surface area contributed by atoms with Gasteiger partial charge in [0.05, 0.1) is 5.39 Å². The number of rotatable bonds is 3. The molecule has 0 radical (unpaired) electrons. The Balaban J connectivity index is 1.99. The van der Waals surface area contributed by atoms with Gasteiger partial charge in [0.1, 0.15) is 5.58 Å². The Labute approximate surface area is 120 Å². The van der Waals surface area contributed by atoms with Crippen molar-refractivity contribution in [3.63, 3.8) is 0 Å². The molecule has 0 aliphatic carbocycles. The summed E-state index contributed by atoms with van der Waals surface area (Å²) in [5.41, 5.74) is 1.31. The van der Waals surface area contributed by atoms with Gasteiger partial charge in [0, 0.05) is 37.1 Å². The zero-order valence-electron chi connectivity index (χ0n) is 11.6. The van der Waals surface area contributed by atoms with Gasteiger partial charge in [-0.2, -0.15) is 0 Å². The molecule has 0 aromatic carbocycles. The first kappa shape index (κ1) is 13.3. The number of aromatic nitrogens is 2. The first-order valence-electron chi connectivity index (χ1n) is 6.69. The van der Waals surface area contributed by atoms with Gasteiger partial charge in [-0.15, -0.1) is 0 Å². The largest absolute Gasteiger partial charge is 0.422 e. The third kappa shape index (κ3) is 2.63. The van der Waals surface area contributed by atoms with Gasteiger partial charge < -0.3 is 8.98 Å². The highest BCUT2D eigenvalue weighted by atomic mass is 16.4. The zero-order chi connectivity index (χ0) is 14.8. The molecule has 0 saturated carbocycles. The average Bonchev–Trinajstić information content (AvgIpc) is 2.47. The lowest BCUT2D eigenvalue weighted by Gasteiger charge is -2.07. The fourth-order valence-corrected chi connectivity index (χ4v) is 2.35. The van der Waals surface area contributed by atoms with E-state index in [1.807, 2.05) is 18.2 Å². The van der Waals surface area contributed by atoms with E-state index < -0.39 is 5.63 Å². The molecule has 3 aromatic rings. The average molecular weight is 282 g/mol. The molecule has 0 saturated heterocycles. The molecule has 106 valence electrons. The predicted molar refractivity (Wildman–Crippen MR) is 79.4 cm³/mol. The summed E-state index contributed by atoms with van der Waals surface area (Å²) in [5, 5.41) is 0.457. The van der Waals surface area contributed by atoms with Crippen molar-refractivity contribution in [2.75, 3.05) is 0 Å². The zero-order valence-corrected chi connectivity index (χ0v) is 11.6. The van der Waals surface area contributed by atoms with Gasteiger partial charge in [0.15, 0.2) is 0 Å². The lowest BCUT2D eigenvalue weighted by molar-refractivity contribution is 0.556. The van der Waals surface area contributed by atoms with Crippen LogP contribution in [0.2, 0.25) is 0 Å². The molecule has 0 aliphatic rings. The maximum atomic E-state index is 12.5. The molecular weight excluding hydrogens is 268 g/mol. The van der Waals surface area contributed by atoms with Crippen molar-refractivity contribution in [2.24, 2.45) is 0 Å². The summed E-state index contributed by atoms with van der Waals surface area (Å²) in [5.74, 6) is 0. The minimum Gasteiger partial charge on any atom is -0.422 e. The molecule has 3 heterocycles. The maximum absolute atomic E-state index is 12.5. The summed E-state index contributed by atoms with van der Waals surface area (Å²) in [6, 6.07) is 8.70. The molecule has 0 spiro atoms. The van der Waals surface area contributed by atoms with E-state index in [4.69, 9.17) is 4.42 Å². The molecule has 3 rings (SSSR count). The van der Waals surface area contributed by atoms with Gasteiger partial charge >= 0.3 is 5.63 Å². The highest BCUT2D eigenvalue weighted by molar-refractivity contribution is 5.78. The second kappa shape index (κ2) is 5.36. The lowest BCUT2D eigenvalue weighted by atomic mass is 10.2. The first-order chi connectivity index (χ1) is 10.1. The fraction of sp³-hybridized carbons (Fsp3) is 0.188. The third-order valence-corrected chi connectivity index (χ3v) is 3.40. The number of nitrogens with zero attached hydrogens (tertiary/aromatic N) is 2. The van der Waals surface area contributed by atoms with E-state index in [-0.39, 0.29) is 5.56 Å². The Hall–Kier alpha value is -2.69. The SMILES string of the molecule is Cc1cc(=O)oc2ccn(CCc3ccccn3)c(=O)c12. The Kier molecular flexibility index (Phi) is 3.39. The van der Waals surface area contributed by atoms with Crippen LogP contribution in [-0.4, -0.2) is 9.55 Å². The van der Waals surface area contributed by atoms with Crippen LogP contribution < -0.4 is 11.2 Å². The minimum atomic E-state index is -0.439. The Bertz CT molecular complexity index is 895. The van der Waals surface area contributed by atoms with Gasteiger partial charge in [-0.05, 0) is 30.7 Å².